The molecule has 59 heavy (non-hydrogen) atoms. The summed E-state index contributed by atoms with van der Waals surface area (Å²) in [6.07, 6.45) is 13.4. The molecule has 13 nitrogen and oxygen atoms in total. The van der Waals surface area contributed by atoms with Crippen molar-refractivity contribution < 1.29 is 46.8 Å². The topological polar surface area (TPSA) is 163 Å². The predicted octanol–water partition coefficient (Wildman–Crippen LogP) is 7.69. The molecule has 1 fully saturated rings. The van der Waals surface area contributed by atoms with Crippen LogP contribution in [0.1, 0.15) is 84.3 Å². The molecule has 2 aliphatic heterocycles. The number of ether oxygens (including phenoxy) is 2. The first kappa shape index (κ1) is 46.7. The van der Waals surface area contributed by atoms with E-state index in [-0.39, 0.29) is 35.3 Å². The second-order valence-electron chi connectivity index (χ2n) is 16.1. The molecule has 0 saturated carbocycles. The second-order valence-corrected chi connectivity index (χ2v) is 17.6. The van der Waals surface area contributed by atoms with Gasteiger partial charge in [-0.15, -0.1) is 5.06 Å². The maximum absolute atomic E-state index is 12.3. The van der Waals surface area contributed by atoms with Gasteiger partial charge >= 0.3 is 5.97 Å². The van der Waals surface area contributed by atoms with E-state index < -0.39 is 33.3 Å². The normalized spacial score (nSPS) is 16.5. The van der Waals surface area contributed by atoms with Gasteiger partial charge in [-0.3, -0.25) is 14.1 Å². The van der Waals surface area contributed by atoms with Gasteiger partial charge in [0.1, 0.15) is 5.75 Å². The van der Waals surface area contributed by atoms with Crippen molar-refractivity contribution in [1.82, 2.24) is 5.06 Å². The van der Waals surface area contributed by atoms with Crippen LogP contribution in [0.5, 0.6) is 5.75 Å². The summed E-state index contributed by atoms with van der Waals surface area (Å²) in [5, 5.41) is 11.8. The van der Waals surface area contributed by atoms with Crippen molar-refractivity contribution >= 4 is 44.8 Å². The number of hydroxylamine groups is 2. The molecule has 320 valence electrons. The first-order valence-corrected chi connectivity index (χ1v) is 21.2. The number of hydrogen-bond acceptors (Lipinski definition) is 11. The first-order valence-electron chi connectivity index (χ1n) is 19.8. The van der Waals surface area contributed by atoms with Gasteiger partial charge in [0.05, 0.1) is 18.1 Å². The van der Waals surface area contributed by atoms with Gasteiger partial charge in [0.25, 0.3) is 21.9 Å². The van der Waals surface area contributed by atoms with Crippen molar-refractivity contribution in [2.24, 2.45) is 5.41 Å². The lowest BCUT2D eigenvalue weighted by molar-refractivity contribution is -0.197. The Kier molecular flexibility index (Phi) is 16.1. The number of phenols is 1. The lowest BCUT2D eigenvalue weighted by Crippen LogP contribution is -2.32. The van der Waals surface area contributed by atoms with Crippen LogP contribution in [0.2, 0.25) is 0 Å². The highest BCUT2D eigenvalue weighted by Gasteiger charge is 2.40. The van der Waals surface area contributed by atoms with Crippen LogP contribution in [-0.4, -0.2) is 88.0 Å². The van der Waals surface area contributed by atoms with E-state index in [1.165, 1.54) is 12.1 Å². The molecule has 0 aromatic heterocycles. The van der Waals surface area contributed by atoms with Gasteiger partial charge in [-0.2, -0.15) is 8.42 Å². The van der Waals surface area contributed by atoms with Crippen LogP contribution in [0.25, 0.3) is 5.57 Å². The van der Waals surface area contributed by atoms with E-state index in [2.05, 4.69) is 37.1 Å². The summed E-state index contributed by atoms with van der Waals surface area (Å²) in [7, 11) is -1.11. The summed E-state index contributed by atoms with van der Waals surface area (Å²) in [5.74, 6) is -1.52. The van der Waals surface area contributed by atoms with E-state index in [1.54, 1.807) is 26.4 Å². The number of rotatable bonds is 20. The third kappa shape index (κ3) is 12.3. The highest BCUT2D eigenvalue weighted by Crippen LogP contribution is 2.48. The van der Waals surface area contributed by atoms with Crippen LogP contribution in [-0.2, 0) is 44.2 Å². The van der Waals surface area contributed by atoms with Gasteiger partial charge in [-0.05, 0) is 71.4 Å². The van der Waals surface area contributed by atoms with Gasteiger partial charge in [0.15, 0.2) is 0 Å². The minimum Gasteiger partial charge on any atom is -0.507 e. The Balaban J connectivity index is 1.50. The molecule has 0 bridgehead atoms. The molecule has 0 radical (unpaired) electrons. The first-order chi connectivity index (χ1) is 27.8. The van der Waals surface area contributed by atoms with E-state index >= 15 is 0 Å². The number of aromatic hydroxyl groups is 1. The van der Waals surface area contributed by atoms with Crippen molar-refractivity contribution in [3.8, 4) is 5.75 Å². The Labute approximate surface area is 349 Å². The van der Waals surface area contributed by atoms with Crippen LogP contribution < -0.4 is 9.80 Å². The standard InChI is InChI=1S/C45H59N3O10S/c1-32(29-36(44(2,3)4)35-20-18-33(30-39(35)49)46(25-27-56-7)26-28-57-8)15-11-9-12-16-40-45(5,6)37-31-34(59(53,54)55)19-21-38(37)47(40)24-14-10-13-17-43(52)58-48-41(50)22-23-42(48)51/h9,11-12,15-16,18-21,29-31,49H,1,10,13-14,17,22-28H2,2-8H3,(H,53,54,55)/b12-9+,15-11+,36-29+,40-16+. The number of unbranched alkanes of at least 4 members (excludes halogenated alkanes) is 2. The molecule has 2 aromatic carbocycles. The minimum atomic E-state index is -4.43. The highest BCUT2D eigenvalue weighted by atomic mass is 32.2. The SMILES string of the molecule is C=C(/C=C(\c1ccc(N(CCOC)CCOC)cc1O)C(C)(C)C)/C=C/C=C/C=C1/N(CCCCCC(=O)ON2C(=O)CCC2=O)c2ccc(S(=O)(=O)O)cc2C1(C)C. The summed E-state index contributed by atoms with van der Waals surface area (Å²) in [6.45, 7) is 17.4. The fraction of sp³-hybridized carbons (Fsp3) is 0.444. The number of benzene rings is 2. The van der Waals surface area contributed by atoms with Crippen LogP contribution >= 0.6 is 0 Å². The number of carbonyl (C=O) groups excluding carboxylic acids is 3. The van der Waals surface area contributed by atoms with Gasteiger partial charge in [-0.1, -0.05) is 78.0 Å². The maximum Gasteiger partial charge on any atom is 0.333 e. The zero-order valence-electron chi connectivity index (χ0n) is 35.3. The fourth-order valence-electron chi connectivity index (χ4n) is 7.12. The van der Waals surface area contributed by atoms with Gasteiger partial charge < -0.3 is 29.2 Å². The molecule has 0 aliphatic carbocycles. The molecule has 14 heteroatoms. The zero-order valence-corrected chi connectivity index (χ0v) is 36.1. The Bertz CT molecular complexity index is 2090. The Morgan fingerprint density at radius 1 is 0.949 bits per heavy atom. The van der Waals surface area contributed by atoms with Gasteiger partial charge in [0.2, 0.25) is 0 Å². The third-order valence-electron chi connectivity index (χ3n) is 10.3. The van der Waals surface area contributed by atoms with Gasteiger partial charge in [-0.25, -0.2) is 4.79 Å². The van der Waals surface area contributed by atoms with Crippen molar-refractivity contribution in [3.05, 3.63) is 102 Å². The van der Waals surface area contributed by atoms with Crippen molar-refractivity contribution in [2.45, 2.75) is 83.5 Å². The monoisotopic (exact) mass is 833 g/mol. The van der Waals surface area contributed by atoms with Crippen molar-refractivity contribution in [1.29, 1.82) is 0 Å². The summed E-state index contributed by atoms with van der Waals surface area (Å²) < 4.78 is 44.5. The number of amides is 2. The molecule has 4 rings (SSSR count). The number of anilines is 2. The summed E-state index contributed by atoms with van der Waals surface area (Å²) in [6, 6.07) is 10.3. The van der Waals surface area contributed by atoms with E-state index in [0.29, 0.717) is 62.7 Å². The quantitative estimate of drug-likeness (QED) is 0.0580. The summed E-state index contributed by atoms with van der Waals surface area (Å²) in [5.41, 5.74) is 4.75. The van der Waals surface area contributed by atoms with Crippen LogP contribution in [0, 0.1) is 5.41 Å². The molecule has 2 heterocycles. The number of fused-ring (bicyclic) bond motifs is 1. The van der Waals surface area contributed by atoms with Gasteiger partial charge in [0, 0.05) is 87.2 Å². The molecule has 2 aromatic rings. The molecule has 2 aliphatic rings. The number of imide groups is 1. The summed E-state index contributed by atoms with van der Waals surface area (Å²) in [4.78, 5) is 44.9. The number of phenolic OH excluding ortho intramolecular Hbond substituents is 1. The molecule has 1 saturated heterocycles. The molecule has 0 atom stereocenters. The average Bonchev–Trinajstić information content (AvgIpc) is 3.59. The van der Waals surface area contributed by atoms with Crippen LogP contribution in [0.4, 0.5) is 11.4 Å². The molecule has 0 unspecified atom stereocenters. The van der Waals surface area contributed by atoms with Crippen LogP contribution in [0.15, 0.2) is 95.6 Å². The number of allylic oxidation sites excluding steroid dienone is 9. The zero-order chi connectivity index (χ0) is 43.5. The average molecular weight is 834 g/mol. The Morgan fingerprint density at radius 2 is 1.61 bits per heavy atom. The van der Waals surface area contributed by atoms with Crippen molar-refractivity contribution in [2.75, 3.05) is 56.9 Å². The predicted molar refractivity (Wildman–Crippen MR) is 229 cm³/mol. The molecule has 2 N–H and O–H groups in total. The second kappa shape index (κ2) is 20.3. The van der Waals surface area contributed by atoms with E-state index in [0.717, 1.165) is 33.8 Å². The number of methoxy groups -OCH3 is 2. The van der Waals surface area contributed by atoms with Crippen molar-refractivity contribution in [3.63, 3.8) is 0 Å². The minimum absolute atomic E-state index is 0.0338. The van der Waals surface area contributed by atoms with E-state index in [9.17, 15) is 32.5 Å². The van der Waals surface area contributed by atoms with Crippen LogP contribution in [0.3, 0.4) is 0 Å². The lowest BCUT2D eigenvalue weighted by atomic mass is 9.80. The highest BCUT2D eigenvalue weighted by molar-refractivity contribution is 7.85. The summed E-state index contributed by atoms with van der Waals surface area (Å²) >= 11 is 0. The third-order valence-corrected chi connectivity index (χ3v) is 11.2. The van der Waals surface area contributed by atoms with E-state index in [1.807, 2.05) is 62.4 Å². The molecular weight excluding hydrogens is 775 g/mol. The Morgan fingerprint density at radius 3 is 2.20 bits per heavy atom. The molecule has 2 amide bonds. The van der Waals surface area contributed by atoms with E-state index in [4.69, 9.17) is 14.3 Å². The lowest BCUT2D eigenvalue weighted by Gasteiger charge is -2.27. The maximum atomic E-state index is 12.3. The molecular formula is C45H59N3O10S. The fourth-order valence-corrected chi connectivity index (χ4v) is 7.62. The largest absolute Gasteiger partial charge is 0.507 e. The smallest absolute Gasteiger partial charge is 0.333 e. The number of carbonyl (C=O) groups is 3. The number of nitrogens with zero attached hydrogens (tertiary/aromatic N) is 3. The number of hydrogen-bond donors (Lipinski definition) is 2. The molecule has 0 spiro atoms. The Hall–Kier alpha value is -5.02.